The first-order valence-corrected chi connectivity index (χ1v) is 8.26. The average Bonchev–Trinajstić information content (AvgIpc) is 3.13. The number of pyridine rings is 1. The molecule has 6 heteroatoms. The summed E-state index contributed by atoms with van der Waals surface area (Å²) in [5.41, 5.74) is 2.38. The number of furan rings is 1. The van der Waals surface area contributed by atoms with Crippen molar-refractivity contribution in [2.24, 2.45) is 7.05 Å². The second kappa shape index (κ2) is 7.05. The molecule has 0 aromatic carbocycles. The monoisotopic (exact) mass is 329 g/mol. The number of rotatable bonds is 4. The molecule has 3 rings (SSSR count). The zero-order valence-electron chi connectivity index (χ0n) is 14.1. The summed E-state index contributed by atoms with van der Waals surface area (Å²) in [5, 5.41) is 3.45. The van der Waals surface area contributed by atoms with Gasteiger partial charge in [-0.25, -0.2) is 0 Å². The topological polar surface area (TPSA) is 67.5 Å². The molecule has 128 valence electrons. The third-order valence-corrected chi connectivity index (χ3v) is 4.77. The number of likely N-dealkylation sites (tertiary alicyclic amines) is 1. The van der Waals surface area contributed by atoms with Gasteiger partial charge in [-0.05, 0) is 31.9 Å². The summed E-state index contributed by atoms with van der Waals surface area (Å²) < 4.78 is 6.64. The van der Waals surface area contributed by atoms with E-state index in [1.807, 2.05) is 24.0 Å². The Morgan fingerprint density at radius 2 is 2.04 bits per heavy atom. The van der Waals surface area contributed by atoms with Crippen molar-refractivity contribution in [3.05, 3.63) is 57.9 Å². The first-order valence-electron chi connectivity index (χ1n) is 8.26. The number of carbonyl (C=O) groups excluding carboxylic acids is 1. The Bertz CT molecular complexity index is 756. The lowest BCUT2D eigenvalue weighted by atomic mass is 10.0. The molecule has 0 saturated carbocycles. The first-order chi connectivity index (χ1) is 11.6. The van der Waals surface area contributed by atoms with Gasteiger partial charge in [-0.2, -0.15) is 0 Å². The van der Waals surface area contributed by atoms with E-state index in [1.54, 1.807) is 17.7 Å². The van der Waals surface area contributed by atoms with Gasteiger partial charge in [0.05, 0.1) is 11.8 Å². The molecule has 1 amide bonds. The highest BCUT2D eigenvalue weighted by atomic mass is 16.3. The fourth-order valence-corrected chi connectivity index (χ4v) is 3.02. The minimum atomic E-state index is 0.0228. The minimum Gasteiger partial charge on any atom is -0.472 e. The van der Waals surface area contributed by atoms with Crippen LogP contribution in [0.2, 0.25) is 0 Å². The summed E-state index contributed by atoms with van der Waals surface area (Å²) >= 11 is 0. The number of hydrogen-bond acceptors (Lipinski definition) is 4. The van der Waals surface area contributed by atoms with Crippen LogP contribution in [0.3, 0.4) is 0 Å². The second-order valence-corrected chi connectivity index (χ2v) is 6.32. The second-order valence-electron chi connectivity index (χ2n) is 6.32. The fourth-order valence-electron chi connectivity index (χ4n) is 3.02. The number of aromatic nitrogens is 1. The molecule has 1 aliphatic rings. The first kappa shape index (κ1) is 16.5. The largest absolute Gasteiger partial charge is 0.472 e. The van der Waals surface area contributed by atoms with Crippen molar-refractivity contribution < 1.29 is 9.21 Å². The molecule has 1 saturated heterocycles. The Morgan fingerprint density at radius 3 is 2.71 bits per heavy atom. The average molecular weight is 329 g/mol. The van der Waals surface area contributed by atoms with E-state index in [0.29, 0.717) is 31.2 Å². The molecule has 0 unspecified atom stereocenters. The molecule has 0 aliphatic carbocycles. The van der Waals surface area contributed by atoms with Crippen molar-refractivity contribution in [3.63, 3.8) is 0 Å². The maximum Gasteiger partial charge on any atom is 0.257 e. The molecule has 1 fully saturated rings. The van der Waals surface area contributed by atoms with E-state index in [1.165, 1.54) is 12.5 Å². The third kappa shape index (κ3) is 3.43. The van der Waals surface area contributed by atoms with Crippen LogP contribution < -0.4 is 10.9 Å². The third-order valence-electron chi connectivity index (χ3n) is 4.77. The highest BCUT2D eigenvalue weighted by molar-refractivity contribution is 5.93. The summed E-state index contributed by atoms with van der Waals surface area (Å²) in [6, 6.07) is 5.87. The van der Waals surface area contributed by atoms with E-state index < -0.39 is 0 Å². The van der Waals surface area contributed by atoms with Gasteiger partial charge in [-0.15, -0.1) is 0 Å². The van der Waals surface area contributed by atoms with Crippen LogP contribution in [0, 0.1) is 6.92 Å². The number of hydrogen-bond donors (Lipinski definition) is 1. The summed E-state index contributed by atoms with van der Waals surface area (Å²) in [7, 11) is 1.79. The van der Waals surface area contributed by atoms with Crippen LogP contribution >= 0.6 is 0 Å². The molecule has 1 aliphatic heterocycles. The number of nitrogens with one attached hydrogen (secondary N) is 1. The molecular formula is C18H23N3O3. The van der Waals surface area contributed by atoms with Crippen LogP contribution in [0.25, 0.3) is 0 Å². The maximum atomic E-state index is 12.3. The van der Waals surface area contributed by atoms with E-state index in [4.69, 9.17) is 4.42 Å². The summed E-state index contributed by atoms with van der Waals surface area (Å²) in [5.74, 6) is 0.0228. The van der Waals surface area contributed by atoms with Gasteiger partial charge in [-0.3, -0.25) is 9.59 Å². The molecule has 24 heavy (non-hydrogen) atoms. The molecule has 2 aromatic heterocycles. The van der Waals surface area contributed by atoms with Gasteiger partial charge < -0.3 is 19.2 Å². The highest BCUT2D eigenvalue weighted by Crippen LogP contribution is 2.14. The number of piperidine rings is 1. The highest BCUT2D eigenvalue weighted by Gasteiger charge is 2.24. The molecular weight excluding hydrogens is 306 g/mol. The lowest BCUT2D eigenvalue weighted by molar-refractivity contribution is 0.0704. The zero-order chi connectivity index (χ0) is 17.1. The molecule has 0 bridgehead atoms. The van der Waals surface area contributed by atoms with Gasteiger partial charge in [0, 0.05) is 44.0 Å². The van der Waals surface area contributed by atoms with E-state index in [2.05, 4.69) is 5.32 Å². The Labute approximate surface area is 141 Å². The lowest BCUT2D eigenvalue weighted by Gasteiger charge is -2.32. The Morgan fingerprint density at radius 1 is 1.29 bits per heavy atom. The molecule has 1 N–H and O–H groups in total. The van der Waals surface area contributed by atoms with Crippen LogP contribution in [0.1, 0.15) is 34.5 Å². The lowest BCUT2D eigenvalue weighted by Crippen LogP contribution is -2.45. The summed E-state index contributed by atoms with van der Waals surface area (Å²) in [6.45, 7) is 3.92. The van der Waals surface area contributed by atoms with Crippen molar-refractivity contribution in [2.45, 2.75) is 32.4 Å². The van der Waals surface area contributed by atoms with Crippen molar-refractivity contribution in [1.82, 2.24) is 14.8 Å². The minimum absolute atomic E-state index is 0.0228. The standard InChI is InChI=1S/C18H23N3O3/c1-13-3-4-14(17(22)20(13)2)11-19-16-5-8-21(9-6-16)18(23)15-7-10-24-12-15/h3-4,7,10,12,16,19H,5-6,8-9,11H2,1-2H3. The zero-order valence-corrected chi connectivity index (χ0v) is 14.1. The molecule has 2 aromatic rings. The number of amides is 1. The smallest absolute Gasteiger partial charge is 0.257 e. The van der Waals surface area contributed by atoms with Crippen LogP contribution in [-0.2, 0) is 13.6 Å². The van der Waals surface area contributed by atoms with E-state index in [-0.39, 0.29) is 11.5 Å². The summed E-state index contributed by atoms with van der Waals surface area (Å²) in [4.78, 5) is 26.3. The van der Waals surface area contributed by atoms with Gasteiger partial charge in [-0.1, -0.05) is 6.07 Å². The molecule has 6 nitrogen and oxygen atoms in total. The molecule has 0 spiro atoms. The number of aryl methyl sites for hydroxylation is 1. The van der Waals surface area contributed by atoms with E-state index in [9.17, 15) is 9.59 Å². The van der Waals surface area contributed by atoms with Crippen LogP contribution in [-0.4, -0.2) is 34.5 Å². The molecule has 3 heterocycles. The van der Waals surface area contributed by atoms with Gasteiger partial charge in [0.2, 0.25) is 0 Å². The van der Waals surface area contributed by atoms with Crippen LogP contribution in [0.15, 0.2) is 39.9 Å². The Hall–Kier alpha value is -2.34. The van der Waals surface area contributed by atoms with Crippen molar-refractivity contribution >= 4 is 5.91 Å². The van der Waals surface area contributed by atoms with Crippen LogP contribution in [0.5, 0.6) is 0 Å². The number of nitrogens with zero attached hydrogens (tertiary/aromatic N) is 2. The quantitative estimate of drug-likeness (QED) is 0.927. The van der Waals surface area contributed by atoms with E-state index in [0.717, 1.165) is 24.1 Å². The SMILES string of the molecule is Cc1ccc(CNC2CCN(C(=O)c3ccoc3)CC2)c(=O)n1C. The Balaban J connectivity index is 1.52. The van der Waals surface area contributed by atoms with Gasteiger partial charge in [0.15, 0.2) is 0 Å². The fraction of sp³-hybridized carbons (Fsp3) is 0.444. The predicted molar refractivity (Wildman–Crippen MR) is 90.9 cm³/mol. The van der Waals surface area contributed by atoms with Gasteiger partial charge >= 0.3 is 0 Å². The Kier molecular flexibility index (Phi) is 4.85. The maximum absolute atomic E-state index is 12.3. The normalized spacial score (nSPS) is 15.7. The van der Waals surface area contributed by atoms with Gasteiger partial charge in [0.25, 0.3) is 11.5 Å². The van der Waals surface area contributed by atoms with Crippen molar-refractivity contribution in [3.8, 4) is 0 Å². The molecule has 0 radical (unpaired) electrons. The van der Waals surface area contributed by atoms with Crippen LogP contribution in [0.4, 0.5) is 0 Å². The van der Waals surface area contributed by atoms with Gasteiger partial charge in [0.1, 0.15) is 6.26 Å². The number of carbonyl (C=O) groups is 1. The molecule has 0 atom stereocenters. The van der Waals surface area contributed by atoms with Crippen molar-refractivity contribution in [1.29, 1.82) is 0 Å². The predicted octanol–water partition coefficient (Wildman–Crippen LogP) is 1.68. The summed E-state index contributed by atoms with van der Waals surface area (Å²) in [6.07, 6.45) is 4.77. The van der Waals surface area contributed by atoms with E-state index >= 15 is 0 Å². The van der Waals surface area contributed by atoms with Crippen molar-refractivity contribution in [2.75, 3.05) is 13.1 Å².